The maximum Gasteiger partial charge on any atom is 0.0449 e. The van der Waals surface area contributed by atoms with E-state index in [1.165, 1.54) is 10.8 Å². The van der Waals surface area contributed by atoms with Crippen molar-refractivity contribution in [2.75, 3.05) is 12.0 Å². The highest BCUT2D eigenvalue weighted by molar-refractivity contribution is 7.98. The molecule has 0 aromatic heterocycles. The van der Waals surface area contributed by atoms with Crippen molar-refractivity contribution in [2.45, 2.75) is 12.5 Å². The molecule has 1 N–H and O–H groups in total. The number of thioether (sulfide) groups is 1. The molecule has 20 heavy (non-hydrogen) atoms. The van der Waals surface area contributed by atoms with Crippen molar-refractivity contribution >= 4 is 28.2 Å². The lowest BCUT2D eigenvalue weighted by Crippen LogP contribution is -2.25. The van der Waals surface area contributed by atoms with Crippen LogP contribution in [0.25, 0.3) is 16.5 Å². The molecule has 0 aliphatic heterocycles. The Balaban J connectivity index is 2.12. The van der Waals surface area contributed by atoms with E-state index in [1.807, 2.05) is 17.8 Å². The van der Waals surface area contributed by atoms with Gasteiger partial charge in [0.1, 0.15) is 0 Å². The largest absolute Gasteiger partial charge is 0.379 e. The molecule has 0 saturated carbocycles. The van der Waals surface area contributed by atoms with Crippen LogP contribution in [0, 0.1) is 0 Å². The fourth-order valence-electron chi connectivity index (χ4n) is 2.18. The van der Waals surface area contributed by atoms with Crippen LogP contribution in [0.5, 0.6) is 0 Å². The predicted octanol–water partition coefficient (Wildman–Crippen LogP) is 4.71. The monoisotopic (exact) mass is 283 g/mol. The van der Waals surface area contributed by atoms with Gasteiger partial charge in [-0.25, -0.2) is 0 Å². The van der Waals surface area contributed by atoms with Gasteiger partial charge in [0, 0.05) is 11.7 Å². The van der Waals surface area contributed by atoms with Crippen LogP contribution in [-0.2, 0) is 0 Å². The summed E-state index contributed by atoms with van der Waals surface area (Å²) in [6.45, 7) is 8.06. The number of rotatable bonds is 7. The molecule has 1 unspecified atom stereocenters. The second-order valence-electron chi connectivity index (χ2n) is 4.81. The Morgan fingerprint density at radius 3 is 2.70 bits per heavy atom. The van der Waals surface area contributed by atoms with Crippen LogP contribution in [0.3, 0.4) is 0 Å². The lowest BCUT2D eigenvalue weighted by atomic mass is 10.0. The maximum atomic E-state index is 4.16. The van der Waals surface area contributed by atoms with Crippen LogP contribution in [0.15, 0.2) is 61.7 Å². The second kappa shape index (κ2) is 7.20. The molecule has 2 heteroatoms. The van der Waals surface area contributed by atoms with E-state index in [0.29, 0.717) is 0 Å². The zero-order valence-corrected chi connectivity index (χ0v) is 12.7. The highest BCUT2D eigenvalue weighted by atomic mass is 32.2. The molecule has 0 radical (unpaired) electrons. The Morgan fingerprint density at radius 1 is 1.25 bits per heavy atom. The number of nitrogens with one attached hydrogen (secondary N) is 1. The highest BCUT2D eigenvalue weighted by Gasteiger charge is 2.06. The fourth-order valence-corrected chi connectivity index (χ4v) is 2.67. The zero-order chi connectivity index (χ0) is 14.4. The van der Waals surface area contributed by atoms with Gasteiger partial charge in [0.15, 0.2) is 0 Å². The molecule has 2 rings (SSSR count). The van der Waals surface area contributed by atoms with Crippen molar-refractivity contribution in [1.29, 1.82) is 0 Å². The number of hydrogen-bond donors (Lipinski definition) is 1. The first kappa shape index (κ1) is 14.7. The molecule has 0 spiro atoms. The minimum Gasteiger partial charge on any atom is -0.379 e. The van der Waals surface area contributed by atoms with Crippen molar-refractivity contribution < 1.29 is 0 Å². The summed E-state index contributed by atoms with van der Waals surface area (Å²) in [5, 5.41) is 5.96. The number of fused-ring (bicyclic) bond motifs is 1. The third-order valence-corrected chi connectivity index (χ3v) is 4.02. The van der Waals surface area contributed by atoms with E-state index in [9.17, 15) is 0 Å². The van der Waals surface area contributed by atoms with Gasteiger partial charge in [-0.05, 0) is 40.8 Å². The van der Waals surface area contributed by atoms with Crippen LogP contribution >= 0.6 is 11.8 Å². The summed E-state index contributed by atoms with van der Waals surface area (Å²) in [7, 11) is 0. The van der Waals surface area contributed by atoms with E-state index >= 15 is 0 Å². The molecule has 2 aromatic carbocycles. The molecule has 0 bridgehead atoms. The Morgan fingerprint density at radius 2 is 2.00 bits per heavy atom. The second-order valence-corrected chi connectivity index (χ2v) is 5.79. The minimum atomic E-state index is 0.279. The van der Waals surface area contributed by atoms with Crippen molar-refractivity contribution in [3.8, 4) is 0 Å². The van der Waals surface area contributed by atoms with E-state index in [4.69, 9.17) is 0 Å². The summed E-state index contributed by atoms with van der Waals surface area (Å²) in [6, 6.07) is 15.1. The van der Waals surface area contributed by atoms with Gasteiger partial charge in [0.25, 0.3) is 0 Å². The molecule has 1 atom stereocenters. The van der Waals surface area contributed by atoms with Crippen molar-refractivity contribution in [3.63, 3.8) is 0 Å². The average molecular weight is 283 g/mol. The highest BCUT2D eigenvalue weighted by Crippen LogP contribution is 2.19. The molecular formula is C18H21NS. The topological polar surface area (TPSA) is 12.0 Å². The van der Waals surface area contributed by atoms with Crippen LogP contribution in [0.2, 0.25) is 0 Å². The Bertz CT molecular complexity index is 603. The van der Waals surface area contributed by atoms with Gasteiger partial charge in [0.2, 0.25) is 0 Å². The molecule has 0 heterocycles. The first-order chi connectivity index (χ1) is 9.74. The van der Waals surface area contributed by atoms with Gasteiger partial charge in [-0.2, -0.15) is 11.8 Å². The van der Waals surface area contributed by atoms with Gasteiger partial charge in [-0.1, -0.05) is 49.1 Å². The third-order valence-electron chi connectivity index (χ3n) is 3.38. The summed E-state index contributed by atoms with van der Waals surface area (Å²) >= 11 is 1.85. The summed E-state index contributed by atoms with van der Waals surface area (Å²) in [4.78, 5) is 0. The van der Waals surface area contributed by atoms with Crippen molar-refractivity contribution in [2.24, 2.45) is 0 Å². The van der Waals surface area contributed by atoms with Gasteiger partial charge in [-0.3, -0.25) is 0 Å². The number of benzene rings is 2. The quantitative estimate of drug-likeness (QED) is 0.739. The molecule has 0 fully saturated rings. The van der Waals surface area contributed by atoms with Gasteiger partial charge in [-0.15, -0.1) is 6.58 Å². The lowest BCUT2D eigenvalue weighted by Gasteiger charge is -2.18. The van der Waals surface area contributed by atoms with E-state index in [-0.39, 0.29) is 6.04 Å². The predicted molar refractivity (Wildman–Crippen MR) is 93.1 cm³/mol. The summed E-state index contributed by atoms with van der Waals surface area (Å²) in [6.07, 6.45) is 5.15. The van der Waals surface area contributed by atoms with Crippen LogP contribution < -0.4 is 5.32 Å². The van der Waals surface area contributed by atoms with E-state index in [2.05, 4.69) is 67.2 Å². The van der Waals surface area contributed by atoms with Crippen LogP contribution in [0.4, 0.5) is 0 Å². The molecule has 104 valence electrons. The maximum absolute atomic E-state index is 4.16. The van der Waals surface area contributed by atoms with Crippen LogP contribution in [-0.4, -0.2) is 18.1 Å². The standard InChI is InChI=1S/C18H21NS/c1-4-18(11-12-20-3)19-14(2)16-10-9-15-7-5-6-8-17(15)13-16/h4-10,13,18-19H,1-2,11-12H2,3H3. The van der Waals surface area contributed by atoms with Gasteiger partial charge < -0.3 is 5.32 Å². The third kappa shape index (κ3) is 3.67. The molecule has 0 aliphatic rings. The van der Waals surface area contributed by atoms with E-state index < -0.39 is 0 Å². The van der Waals surface area contributed by atoms with Crippen molar-refractivity contribution in [1.82, 2.24) is 5.32 Å². The van der Waals surface area contributed by atoms with Gasteiger partial charge >= 0.3 is 0 Å². The normalized spacial score (nSPS) is 12.1. The Hall–Kier alpha value is -1.67. The fraction of sp³-hybridized carbons (Fsp3) is 0.222. The smallest absolute Gasteiger partial charge is 0.0449 e. The molecular weight excluding hydrogens is 262 g/mol. The van der Waals surface area contributed by atoms with E-state index in [0.717, 1.165) is 23.4 Å². The Kier molecular flexibility index (Phi) is 5.31. The summed E-state index contributed by atoms with van der Waals surface area (Å²) in [5.41, 5.74) is 2.10. The zero-order valence-electron chi connectivity index (χ0n) is 11.9. The van der Waals surface area contributed by atoms with E-state index in [1.54, 1.807) is 0 Å². The number of hydrogen-bond acceptors (Lipinski definition) is 2. The SMILES string of the molecule is C=CC(CCSC)NC(=C)c1ccc2ccccc2c1. The lowest BCUT2D eigenvalue weighted by molar-refractivity contribution is 0.697. The first-order valence-electron chi connectivity index (χ1n) is 6.80. The van der Waals surface area contributed by atoms with Crippen LogP contribution in [0.1, 0.15) is 12.0 Å². The first-order valence-corrected chi connectivity index (χ1v) is 8.20. The Labute approximate surface area is 125 Å². The molecule has 1 nitrogen and oxygen atoms in total. The summed E-state index contributed by atoms with van der Waals surface area (Å²) in [5.74, 6) is 1.12. The minimum absolute atomic E-state index is 0.279. The molecule has 0 saturated heterocycles. The average Bonchev–Trinajstić information content (AvgIpc) is 2.50. The molecule has 0 amide bonds. The molecule has 2 aromatic rings. The molecule has 0 aliphatic carbocycles. The van der Waals surface area contributed by atoms with Crippen molar-refractivity contribution in [3.05, 3.63) is 67.3 Å². The summed E-state index contributed by atoms with van der Waals surface area (Å²) < 4.78 is 0. The van der Waals surface area contributed by atoms with Gasteiger partial charge in [0.05, 0.1) is 0 Å².